The van der Waals surface area contributed by atoms with Crippen molar-refractivity contribution >= 4 is 11.8 Å². The highest BCUT2D eigenvalue weighted by Crippen LogP contribution is 2.29. The number of aromatic nitrogens is 3. The van der Waals surface area contributed by atoms with Gasteiger partial charge in [-0.25, -0.2) is 9.97 Å². The van der Waals surface area contributed by atoms with Crippen LogP contribution in [-0.4, -0.2) is 57.1 Å². The molecule has 178 valence electrons. The Labute approximate surface area is 196 Å². The highest BCUT2D eigenvalue weighted by molar-refractivity contribution is 5.60. The Hall–Kier alpha value is -2.89. The molecule has 1 fully saturated rings. The van der Waals surface area contributed by atoms with Crippen molar-refractivity contribution in [1.82, 2.24) is 15.0 Å². The maximum atomic E-state index is 10.2. The third-order valence-corrected chi connectivity index (χ3v) is 5.46. The largest absolute Gasteiger partial charge is 0.478 e. The Kier molecular flexibility index (Phi) is 8.11. The second kappa shape index (κ2) is 10.8. The molecule has 8 heteroatoms. The average molecular weight is 454 g/mol. The lowest BCUT2D eigenvalue weighted by atomic mass is 9.97. The maximum absolute atomic E-state index is 10.2. The molecule has 4 N–H and O–H groups in total. The minimum Gasteiger partial charge on any atom is -0.478 e. The first kappa shape index (κ1) is 24.7. The van der Waals surface area contributed by atoms with Crippen LogP contribution in [0.15, 0.2) is 18.3 Å². The molecule has 0 amide bonds. The molecule has 0 radical (unpaired) electrons. The van der Waals surface area contributed by atoms with Crippen LogP contribution >= 0.6 is 0 Å². The molecule has 0 aromatic carbocycles. The van der Waals surface area contributed by atoms with Crippen LogP contribution in [-0.2, 0) is 0 Å². The third kappa shape index (κ3) is 7.04. The zero-order chi connectivity index (χ0) is 24.0. The second-order valence-corrected chi connectivity index (χ2v) is 9.66. The molecule has 1 saturated carbocycles. The molecular weight excluding hydrogens is 418 g/mol. The number of nitrogens with zero attached hydrogens (tertiary/aromatic N) is 3. The zero-order valence-corrected chi connectivity index (χ0v) is 20.1. The lowest BCUT2D eigenvalue weighted by Gasteiger charge is -2.20. The van der Waals surface area contributed by atoms with Crippen LogP contribution in [0, 0.1) is 30.1 Å². The number of pyridine rings is 1. The highest BCUT2D eigenvalue weighted by Gasteiger charge is 2.33. The third-order valence-electron chi connectivity index (χ3n) is 5.46. The normalized spacial score (nSPS) is 20.2. The molecule has 3 rings (SSSR count). The number of aliphatic hydroxyl groups is 2. The van der Waals surface area contributed by atoms with Crippen LogP contribution in [0.4, 0.5) is 11.8 Å². The van der Waals surface area contributed by atoms with E-state index in [1.165, 1.54) is 0 Å². The van der Waals surface area contributed by atoms with Crippen molar-refractivity contribution in [3.05, 3.63) is 35.2 Å². The molecule has 1 unspecified atom stereocenters. The van der Waals surface area contributed by atoms with E-state index in [9.17, 15) is 10.2 Å². The van der Waals surface area contributed by atoms with Crippen molar-refractivity contribution < 1.29 is 14.9 Å². The smallest absolute Gasteiger partial charge is 0.224 e. The number of hydrogen-bond donors (Lipinski definition) is 4. The summed E-state index contributed by atoms with van der Waals surface area (Å²) in [5.41, 5.74) is 2.29. The first-order valence-electron chi connectivity index (χ1n) is 11.5. The Morgan fingerprint density at radius 3 is 2.58 bits per heavy atom. The molecule has 3 atom stereocenters. The van der Waals surface area contributed by atoms with E-state index in [2.05, 4.69) is 53.2 Å². The fourth-order valence-corrected chi connectivity index (χ4v) is 3.68. The summed E-state index contributed by atoms with van der Waals surface area (Å²) in [5.74, 6) is 7.94. The van der Waals surface area contributed by atoms with Crippen LogP contribution in [0.5, 0.6) is 5.88 Å². The summed E-state index contributed by atoms with van der Waals surface area (Å²) in [5, 5.41) is 26.5. The molecule has 1 aliphatic rings. The Bertz CT molecular complexity index is 992. The Morgan fingerprint density at radius 1 is 1.18 bits per heavy atom. The predicted molar refractivity (Wildman–Crippen MR) is 129 cm³/mol. The van der Waals surface area contributed by atoms with Crippen molar-refractivity contribution in [3.63, 3.8) is 0 Å². The fraction of sp³-hybridized carbons (Fsp3) is 0.560. The summed E-state index contributed by atoms with van der Waals surface area (Å²) in [6.45, 7) is 11.5. The first-order valence-corrected chi connectivity index (χ1v) is 11.5. The standard InChI is InChI=1S/C25H35N5O3/c1-6-33-22-10-8-17(13-26-22)7-9-20-16(2)28-24(27-15-25(3,4)5)30-23(20)29-19-11-18(14-31)21(32)12-19/h8,10,13,18-19,21,31-32H,6,11-12,14-15H2,1-5H3,(H2,27,28,29,30)/t18-,19?,21+/m1/s1. The van der Waals surface area contributed by atoms with Crippen LogP contribution < -0.4 is 15.4 Å². The number of anilines is 2. The summed E-state index contributed by atoms with van der Waals surface area (Å²) in [7, 11) is 0. The van der Waals surface area contributed by atoms with E-state index in [0.29, 0.717) is 42.7 Å². The van der Waals surface area contributed by atoms with E-state index in [-0.39, 0.29) is 24.0 Å². The van der Waals surface area contributed by atoms with Crippen molar-refractivity contribution in [1.29, 1.82) is 0 Å². The number of nitrogens with one attached hydrogen (secondary N) is 2. The molecule has 0 aliphatic heterocycles. The van der Waals surface area contributed by atoms with Crippen molar-refractivity contribution in [2.24, 2.45) is 11.3 Å². The zero-order valence-electron chi connectivity index (χ0n) is 20.1. The second-order valence-electron chi connectivity index (χ2n) is 9.66. The van der Waals surface area contributed by atoms with Gasteiger partial charge in [-0.05, 0) is 38.2 Å². The molecule has 2 aromatic heterocycles. The van der Waals surface area contributed by atoms with Crippen LogP contribution in [0.25, 0.3) is 0 Å². The Balaban J connectivity index is 1.89. The number of aryl methyl sites for hydroxylation is 1. The van der Waals surface area contributed by atoms with Gasteiger partial charge in [0, 0.05) is 42.9 Å². The van der Waals surface area contributed by atoms with Crippen LogP contribution in [0.2, 0.25) is 0 Å². The minimum absolute atomic E-state index is 0.00499. The van der Waals surface area contributed by atoms with Gasteiger partial charge in [0.05, 0.1) is 24.0 Å². The summed E-state index contributed by atoms with van der Waals surface area (Å²) in [6.07, 6.45) is 2.37. The van der Waals surface area contributed by atoms with E-state index >= 15 is 0 Å². The summed E-state index contributed by atoms with van der Waals surface area (Å²) in [4.78, 5) is 13.6. The lowest BCUT2D eigenvalue weighted by molar-refractivity contribution is 0.0908. The predicted octanol–water partition coefficient (Wildman–Crippen LogP) is 2.98. The van der Waals surface area contributed by atoms with Gasteiger partial charge in [0.1, 0.15) is 5.82 Å². The van der Waals surface area contributed by atoms with E-state index in [0.717, 1.165) is 17.8 Å². The Morgan fingerprint density at radius 2 is 1.97 bits per heavy atom. The summed E-state index contributed by atoms with van der Waals surface area (Å²) >= 11 is 0. The van der Waals surface area contributed by atoms with Crippen molar-refractivity contribution in [2.75, 3.05) is 30.4 Å². The van der Waals surface area contributed by atoms with E-state index in [4.69, 9.17) is 9.72 Å². The summed E-state index contributed by atoms with van der Waals surface area (Å²) < 4.78 is 5.39. The molecule has 2 aromatic rings. The van der Waals surface area contributed by atoms with Gasteiger partial charge >= 0.3 is 0 Å². The SMILES string of the molecule is CCOc1ccc(C#Cc2c(C)nc(NCC(C)(C)C)nc2NC2C[C@H](CO)[C@@H](O)C2)cn1. The maximum Gasteiger partial charge on any atom is 0.224 e. The van der Waals surface area contributed by atoms with Crippen LogP contribution in [0.1, 0.15) is 57.4 Å². The van der Waals surface area contributed by atoms with E-state index < -0.39 is 6.10 Å². The molecule has 0 bridgehead atoms. The molecule has 0 saturated heterocycles. The number of aliphatic hydroxyl groups excluding tert-OH is 2. The molecule has 33 heavy (non-hydrogen) atoms. The fourth-order valence-electron chi connectivity index (χ4n) is 3.68. The van der Waals surface area contributed by atoms with Gasteiger partial charge in [-0.3, -0.25) is 0 Å². The number of hydrogen-bond acceptors (Lipinski definition) is 8. The van der Waals surface area contributed by atoms with Crippen molar-refractivity contribution in [2.45, 2.75) is 59.6 Å². The van der Waals surface area contributed by atoms with Gasteiger partial charge in [0.15, 0.2) is 0 Å². The first-order chi connectivity index (χ1) is 15.7. The molecule has 0 spiro atoms. The van der Waals surface area contributed by atoms with E-state index in [1.807, 2.05) is 19.9 Å². The van der Waals surface area contributed by atoms with Crippen LogP contribution in [0.3, 0.4) is 0 Å². The topological polar surface area (TPSA) is 112 Å². The average Bonchev–Trinajstić information content (AvgIpc) is 3.11. The molecule has 1 aliphatic carbocycles. The van der Waals surface area contributed by atoms with Gasteiger partial charge in [0.2, 0.25) is 11.8 Å². The minimum atomic E-state index is -0.529. The highest BCUT2D eigenvalue weighted by atomic mass is 16.5. The van der Waals surface area contributed by atoms with Gasteiger partial charge < -0.3 is 25.6 Å². The molecule has 8 nitrogen and oxygen atoms in total. The molecular formula is C25H35N5O3. The number of rotatable bonds is 7. The quantitative estimate of drug-likeness (QED) is 0.474. The lowest BCUT2D eigenvalue weighted by Crippen LogP contribution is -2.22. The van der Waals surface area contributed by atoms with Gasteiger partial charge in [-0.2, -0.15) is 4.98 Å². The summed E-state index contributed by atoms with van der Waals surface area (Å²) in [6, 6.07) is 3.66. The van der Waals surface area contributed by atoms with Gasteiger partial charge in [0.25, 0.3) is 0 Å². The van der Waals surface area contributed by atoms with E-state index in [1.54, 1.807) is 12.3 Å². The van der Waals surface area contributed by atoms with Gasteiger partial charge in [-0.15, -0.1) is 0 Å². The van der Waals surface area contributed by atoms with Gasteiger partial charge in [-0.1, -0.05) is 32.6 Å². The molecule has 2 heterocycles. The monoisotopic (exact) mass is 453 g/mol. The van der Waals surface area contributed by atoms with Crippen molar-refractivity contribution in [3.8, 4) is 17.7 Å². The number of ether oxygens (including phenoxy) is 1.